The van der Waals surface area contributed by atoms with Crippen molar-refractivity contribution >= 4 is 0 Å². The van der Waals surface area contributed by atoms with Crippen molar-refractivity contribution in [3.63, 3.8) is 0 Å². The van der Waals surface area contributed by atoms with E-state index in [9.17, 15) is 4.39 Å². The van der Waals surface area contributed by atoms with Gasteiger partial charge in [0.1, 0.15) is 11.6 Å². The van der Waals surface area contributed by atoms with Crippen LogP contribution in [0.3, 0.4) is 0 Å². The third-order valence-corrected chi connectivity index (χ3v) is 2.39. The summed E-state index contributed by atoms with van der Waals surface area (Å²) in [6, 6.07) is 4.21. The van der Waals surface area contributed by atoms with E-state index in [-0.39, 0.29) is 18.5 Å². The number of ether oxygens (including phenoxy) is 1. The fraction of sp³-hybridized carbons (Fsp3) is 0.333. The lowest BCUT2D eigenvalue weighted by atomic mass is 10.1. The van der Waals surface area contributed by atoms with E-state index in [1.54, 1.807) is 26.0 Å². The van der Waals surface area contributed by atoms with Gasteiger partial charge in [0.25, 0.3) is 5.89 Å². The Kier molecular flexibility index (Phi) is 3.57. The van der Waals surface area contributed by atoms with Crippen molar-refractivity contribution < 1.29 is 13.5 Å². The van der Waals surface area contributed by atoms with Crippen molar-refractivity contribution in [2.45, 2.75) is 26.5 Å². The van der Waals surface area contributed by atoms with Crippen molar-refractivity contribution in [3.05, 3.63) is 41.4 Å². The minimum atomic E-state index is -0.385. The average Bonchev–Trinajstić information content (AvgIpc) is 2.72. The molecule has 0 saturated heterocycles. The number of aryl methyl sites for hydroxylation is 1. The highest BCUT2D eigenvalue weighted by molar-refractivity contribution is 5.30. The van der Waals surface area contributed by atoms with E-state index in [1.165, 1.54) is 6.07 Å². The van der Waals surface area contributed by atoms with Gasteiger partial charge in [-0.25, -0.2) is 4.39 Å². The number of nitrogens with zero attached hydrogens (tertiary/aromatic N) is 2. The molecule has 0 bridgehead atoms. The highest BCUT2D eigenvalue weighted by Crippen LogP contribution is 2.21. The second-order valence-electron chi connectivity index (χ2n) is 3.98. The molecule has 2 rings (SSSR count). The standard InChI is InChI=1S/C12H14FN3O2/c1-7(14)10-4-3-9(5-11(10)13)17-6-12-16-15-8(2)18-12/h3-5,7H,6,14H2,1-2H3. The molecule has 18 heavy (non-hydrogen) atoms. The molecule has 1 aromatic heterocycles. The van der Waals surface area contributed by atoms with Gasteiger partial charge in [-0.3, -0.25) is 0 Å². The molecule has 2 aromatic rings. The fourth-order valence-corrected chi connectivity index (χ4v) is 1.51. The number of benzene rings is 1. The average molecular weight is 251 g/mol. The molecule has 6 heteroatoms. The van der Waals surface area contributed by atoms with Crippen LogP contribution in [0.25, 0.3) is 0 Å². The maximum absolute atomic E-state index is 13.6. The summed E-state index contributed by atoms with van der Waals surface area (Å²) in [5, 5.41) is 7.44. The van der Waals surface area contributed by atoms with Crippen LogP contribution in [-0.2, 0) is 6.61 Å². The smallest absolute Gasteiger partial charge is 0.253 e. The Morgan fingerprint density at radius 1 is 1.44 bits per heavy atom. The summed E-state index contributed by atoms with van der Waals surface area (Å²) < 4.78 is 24.1. The lowest BCUT2D eigenvalue weighted by molar-refractivity contribution is 0.259. The Bertz CT molecular complexity index is 540. The van der Waals surface area contributed by atoms with Gasteiger partial charge in [0, 0.05) is 24.6 Å². The topological polar surface area (TPSA) is 74.2 Å². The Hall–Kier alpha value is -1.95. The van der Waals surface area contributed by atoms with Crippen LogP contribution in [0.2, 0.25) is 0 Å². The number of hydrogen-bond acceptors (Lipinski definition) is 5. The van der Waals surface area contributed by atoms with Gasteiger partial charge < -0.3 is 14.9 Å². The molecule has 0 radical (unpaired) electrons. The molecule has 0 aliphatic heterocycles. The molecule has 1 atom stereocenters. The minimum Gasteiger partial charge on any atom is -0.484 e. The van der Waals surface area contributed by atoms with Gasteiger partial charge in [-0.15, -0.1) is 10.2 Å². The van der Waals surface area contributed by atoms with Crippen LogP contribution in [-0.4, -0.2) is 10.2 Å². The SMILES string of the molecule is Cc1nnc(COc2ccc(C(C)N)c(F)c2)o1. The Morgan fingerprint density at radius 3 is 2.78 bits per heavy atom. The van der Waals surface area contributed by atoms with Crippen LogP contribution in [0.4, 0.5) is 4.39 Å². The maximum Gasteiger partial charge on any atom is 0.253 e. The molecule has 1 aromatic carbocycles. The van der Waals surface area contributed by atoms with Gasteiger partial charge in [0.05, 0.1) is 0 Å². The third-order valence-electron chi connectivity index (χ3n) is 2.39. The van der Waals surface area contributed by atoms with Crippen molar-refractivity contribution in [2.24, 2.45) is 5.73 Å². The van der Waals surface area contributed by atoms with Crippen LogP contribution in [0.15, 0.2) is 22.6 Å². The second kappa shape index (κ2) is 5.14. The predicted molar refractivity (Wildman–Crippen MR) is 62.4 cm³/mol. The third kappa shape index (κ3) is 2.84. The number of nitrogens with two attached hydrogens (primary N) is 1. The Labute approximate surface area is 104 Å². The van der Waals surface area contributed by atoms with Crippen molar-refractivity contribution in [3.8, 4) is 5.75 Å². The van der Waals surface area contributed by atoms with Crippen LogP contribution < -0.4 is 10.5 Å². The molecule has 0 spiro atoms. The summed E-state index contributed by atoms with van der Waals surface area (Å²) in [4.78, 5) is 0. The molecule has 0 aliphatic carbocycles. The highest BCUT2D eigenvalue weighted by Gasteiger charge is 2.09. The predicted octanol–water partition coefficient (Wildman–Crippen LogP) is 2.12. The van der Waals surface area contributed by atoms with Gasteiger partial charge in [-0.2, -0.15) is 0 Å². The Morgan fingerprint density at radius 2 is 2.22 bits per heavy atom. The van der Waals surface area contributed by atoms with Gasteiger partial charge in [-0.05, 0) is 13.0 Å². The zero-order valence-corrected chi connectivity index (χ0v) is 10.2. The largest absolute Gasteiger partial charge is 0.484 e. The number of aromatic nitrogens is 2. The van der Waals surface area contributed by atoms with E-state index >= 15 is 0 Å². The molecule has 0 fully saturated rings. The van der Waals surface area contributed by atoms with E-state index in [0.717, 1.165) is 0 Å². The first-order valence-corrected chi connectivity index (χ1v) is 5.53. The first kappa shape index (κ1) is 12.5. The number of halogens is 1. The van der Waals surface area contributed by atoms with Crippen molar-refractivity contribution in [1.29, 1.82) is 0 Å². The van der Waals surface area contributed by atoms with E-state index < -0.39 is 0 Å². The van der Waals surface area contributed by atoms with Crippen LogP contribution >= 0.6 is 0 Å². The molecule has 96 valence electrons. The highest BCUT2D eigenvalue weighted by atomic mass is 19.1. The zero-order chi connectivity index (χ0) is 13.1. The van der Waals surface area contributed by atoms with Gasteiger partial charge in [-0.1, -0.05) is 6.07 Å². The van der Waals surface area contributed by atoms with Gasteiger partial charge >= 0.3 is 0 Å². The summed E-state index contributed by atoms with van der Waals surface area (Å²) in [6.45, 7) is 3.52. The molecule has 1 heterocycles. The van der Waals surface area contributed by atoms with Crippen molar-refractivity contribution in [1.82, 2.24) is 10.2 Å². The summed E-state index contributed by atoms with van der Waals surface area (Å²) in [6.07, 6.45) is 0. The quantitative estimate of drug-likeness (QED) is 0.900. The normalized spacial score (nSPS) is 12.4. The summed E-state index contributed by atoms with van der Waals surface area (Å²) in [5.74, 6) is 0.827. The number of rotatable bonds is 4. The fourth-order valence-electron chi connectivity index (χ4n) is 1.51. The maximum atomic E-state index is 13.6. The molecule has 0 aliphatic rings. The molecule has 1 unspecified atom stereocenters. The van der Waals surface area contributed by atoms with Crippen molar-refractivity contribution in [2.75, 3.05) is 0 Å². The van der Waals surface area contributed by atoms with Crippen LogP contribution in [0.5, 0.6) is 5.75 Å². The molecular formula is C12H14FN3O2. The molecule has 2 N–H and O–H groups in total. The molecular weight excluding hydrogens is 237 g/mol. The van der Waals surface area contributed by atoms with Crippen LogP contribution in [0, 0.1) is 12.7 Å². The van der Waals surface area contributed by atoms with E-state index in [0.29, 0.717) is 23.1 Å². The zero-order valence-electron chi connectivity index (χ0n) is 10.2. The van der Waals surface area contributed by atoms with Gasteiger partial charge in [0.2, 0.25) is 5.89 Å². The summed E-state index contributed by atoms with van der Waals surface area (Å²) in [7, 11) is 0. The first-order chi connectivity index (χ1) is 8.56. The minimum absolute atomic E-state index is 0.109. The Balaban J connectivity index is 2.04. The lowest BCUT2D eigenvalue weighted by Gasteiger charge is -2.09. The second-order valence-corrected chi connectivity index (χ2v) is 3.98. The first-order valence-electron chi connectivity index (χ1n) is 5.53. The van der Waals surface area contributed by atoms with E-state index in [1.807, 2.05) is 0 Å². The molecule has 5 nitrogen and oxygen atoms in total. The van der Waals surface area contributed by atoms with E-state index in [2.05, 4.69) is 10.2 Å². The van der Waals surface area contributed by atoms with E-state index in [4.69, 9.17) is 14.9 Å². The number of hydrogen-bond donors (Lipinski definition) is 1. The monoisotopic (exact) mass is 251 g/mol. The summed E-state index contributed by atoms with van der Waals surface area (Å²) in [5.41, 5.74) is 6.07. The lowest BCUT2D eigenvalue weighted by Crippen LogP contribution is -2.07. The van der Waals surface area contributed by atoms with Crippen LogP contribution in [0.1, 0.15) is 30.3 Å². The molecule has 0 amide bonds. The molecule has 0 saturated carbocycles. The summed E-state index contributed by atoms with van der Waals surface area (Å²) >= 11 is 0. The van der Waals surface area contributed by atoms with Gasteiger partial charge in [0.15, 0.2) is 6.61 Å².